The topological polar surface area (TPSA) is 71.2 Å². The highest BCUT2D eigenvalue weighted by Crippen LogP contribution is 2.17. The maximum Gasteiger partial charge on any atom is 0.328 e. The molecule has 0 saturated carbocycles. The van der Waals surface area contributed by atoms with E-state index >= 15 is 0 Å². The number of rotatable bonds is 4. The number of aliphatic carboxylic acids is 1. The summed E-state index contributed by atoms with van der Waals surface area (Å²) in [6.07, 6.45) is 4.58. The van der Waals surface area contributed by atoms with E-state index in [2.05, 4.69) is 19.7 Å². The monoisotopic (exact) mass is 284 g/mol. The van der Waals surface area contributed by atoms with Gasteiger partial charge >= 0.3 is 5.97 Å². The van der Waals surface area contributed by atoms with Crippen LogP contribution in [0.4, 0.5) is 0 Å². The van der Waals surface area contributed by atoms with E-state index in [1.54, 1.807) is 12.4 Å². The van der Waals surface area contributed by atoms with E-state index in [0.717, 1.165) is 43.1 Å². The van der Waals surface area contributed by atoms with Gasteiger partial charge in [-0.2, -0.15) is 0 Å². The van der Waals surface area contributed by atoms with E-state index in [-0.39, 0.29) is 0 Å². The molecule has 3 rings (SSSR count). The Morgan fingerprint density at radius 3 is 3.05 bits per heavy atom. The summed E-state index contributed by atoms with van der Waals surface area (Å²) in [7, 11) is 0. The molecule has 0 bridgehead atoms. The number of carbonyl (C=O) groups is 1. The average Bonchev–Trinajstić information content (AvgIpc) is 2.94. The van der Waals surface area contributed by atoms with Crippen molar-refractivity contribution in [1.29, 1.82) is 0 Å². The van der Waals surface area contributed by atoms with Gasteiger partial charge in [0.2, 0.25) is 0 Å². The summed E-state index contributed by atoms with van der Waals surface area (Å²) < 4.78 is 2.06. The Bertz CT molecular complexity index is 678. The summed E-state index contributed by atoms with van der Waals surface area (Å²) in [5.74, 6) is 0.0377. The van der Waals surface area contributed by atoms with Gasteiger partial charge in [0.05, 0.1) is 6.54 Å². The van der Waals surface area contributed by atoms with E-state index < -0.39 is 5.97 Å². The molecule has 1 N–H and O–H groups in total. The molecule has 1 aromatic carbocycles. The first-order chi connectivity index (χ1) is 10.2. The number of fused-ring (bicyclic) bond motifs is 1. The first-order valence-corrected chi connectivity index (χ1v) is 6.80. The first-order valence-electron chi connectivity index (χ1n) is 6.80. The van der Waals surface area contributed by atoms with Crippen LogP contribution in [0.1, 0.15) is 17.0 Å². The lowest BCUT2D eigenvalue weighted by Crippen LogP contribution is -2.33. The molecule has 21 heavy (non-hydrogen) atoms. The number of hydrogen-bond acceptors (Lipinski definition) is 4. The third-order valence-corrected chi connectivity index (χ3v) is 3.57. The summed E-state index contributed by atoms with van der Waals surface area (Å²) in [6, 6.07) is 7.85. The molecule has 2 heterocycles. The number of nitrogens with zero attached hydrogens (tertiary/aromatic N) is 4. The summed E-state index contributed by atoms with van der Waals surface area (Å²) in [5, 5.41) is 16.8. The predicted octanol–water partition coefficient (Wildman–Crippen LogP) is 1.39. The van der Waals surface area contributed by atoms with Crippen LogP contribution in [0.25, 0.3) is 6.08 Å². The molecule has 0 fully saturated rings. The van der Waals surface area contributed by atoms with Crippen molar-refractivity contribution in [2.75, 3.05) is 6.54 Å². The van der Waals surface area contributed by atoms with Gasteiger partial charge in [-0.1, -0.05) is 24.3 Å². The zero-order chi connectivity index (χ0) is 14.7. The predicted molar refractivity (Wildman–Crippen MR) is 77.2 cm³/mol. The van der Waals surface area contributed by atoms with Crippen LogP contribution in [0.3, 0.4) is 0 Å². The van der Waals surface area contributed by atoms with Crippen molar-refractivity contribution in [1.82, 2.24) is 19.7 Å². The fourth-order valence-electron chi connectivity index (χ4n) is 2.49. The van der Waals surface area contributed by atoms with E-state index in [1.165, 1.54) is 6.08 Å². The number of carboxylic acids is 1. The Balaban J connectivity index is 1.75. The van der Waals surface area contributed by atoms with Crippen molar-refractivity contribution >= 4 is 12.0 Å². The molecule has 0 spiro atoms. The zero-order valence-electron chi connectivity index (χ0n) is 11.5. The quantitative estimate of drug-likeness (QED) is 0.859. The fourth-order valence-corrected chi connectivity index (χ4v) is 2.49. The summed E-state index contributed by atoms with van der Waals surface area (Å²) in [5.41, 5.74) is 2.05. The molecule has 108 valence electrons. The van der Waals surface area contributed by atoms with Gasteiger partial charge < -0.3 is 9.67 Å². The summed E-state index contributed by atoms with van der Waals surface area (Å²) in [4.78, 5) is 13.0. The third kappa shape index (κ3) is 3.17. The molecule has 0 saturated heterocycles. The number of carboxylic acid groups (broad SMARTS) is 1. The van der Waals surface area contributed by atoms with Gasteiger partial charge in [-0.15, -0.1) is 10.2 Å². The molecule has 0 atom stereocenters. The van der Waals surface area contributed by atoms with E-state index in [9.17, 15) is 4.79 Å². The molecule has 0 amide bonds. The normalized spacial score (nSPS) is 15.2. The van der Waals surface area contributed by atoms with Crippen LogP contribution in [0.5, 0.6) is 0 Å². The van der Waals surface area contributed by atoms with Gasteiger partial charge in [0.1, 0.15) is 12.2 Å². The lowest BCUT2D eigenvalue weighted by molar-refractivity contribution is -0.131. The SMILES string of the molecule is O=C(O)C=Cc1ccccc1CN1CCn2cnnc2C1. The lowest BCUT2D eigenvalue weighted by Gasteiger charge is -2.27. The number of hydrogen-bond donors (Lipinski definition) is 1. The Morgan fingerprint density at radius 1 is 1.33 bits per heavy atom. The second-order valence-corrected chi connectivity index (χ2v) is 5.02. The van der Waals surface area contributed by atoms with Crippen molar-refractivity contribution in [2.45, 2.75) is 19.6 Å². The largest absolute Gasteiger partial charge is 0.478 e. The van der Waals surface area contributed by atoms with Crippen molar-refractivity contribution in [2.24, 2.45) is 0 Å². The van der Waals surface area contributed by atoms with Gasteiger partial charge in [-0.3, -0.25) is 4.90 Å². The Kier molecular flexibility index (Phi) is 3.79. The molecule has 0 radical (unpaired) electrons. The van der Waals surface area contributed by atoms with Crippen molar-refractivity contribution in [3.05, 3.63) is 53.6 Å². The van der Waals surface area contributed by atoms with Crippen molar-refractivity contribution in [3.63, 3.8) is 0 Å². The maximum absolute atomic E-state index is 10.7. The molecule has 0 unspecified atom stereocenters. The zero-order valence-corrected chi connectivity index (χ0v) is 11.5. The Morgan fingerprint density at radius 2 is 2.19 bits per heavy atom. The Labute approximate surface area is 122 Å². The standard InChI is InChI=1S/C15H16N4O2/c20-15(21)6-5-12-3-1-2-4-13(12)9-18-7-8-19-11-16-17-14(19)10-18/h1-6,11H,7-10H2,(H,20,21). The molecule has 6 nitrogen and oxygen atoms in total. The number of aromatic nitrogens is 3. The molecule has 2 aromatic rings. The fraction of sp³-hybridized carbons (Fsp3) is 0.267. The average molecular weight is 284 g/mol. The highest BCUT2D eigenvalue weighted by Gasteiger charge is 2.17. The van der Waals surface area contributed by atoms with Crippen LogP contribution < -0.4 is 0 Å². The number of benzene rings is 1. The van der Waals surface area contributed by atoms with E-state index in [1.807, 2.05) is 24.3 Å². The van der Waals surface area contributed by atoms with Gasteiger partial charge in [0.25, 0.3) is 0 Å². The summed E-state index contributed by atoms with van der Waals surface area (Å²) >= 11 is 0. The van der Waals surface area contributed by atoms with Gasteiger partial charge in [0.15, 0.2) is 0 Å². The second kappa shape index (κ2) is 5.88. The molecule has 1 aliphatic rings. The minimum atomic E-state index is -0.934. The molecule has 1 aromatic heterocycles. The van der Waals surface area contributed by atoms with Crippen LogP contribution in [-0.2, 0) is 24.4 Å². The van der Waals surface area contributed by atoms with Crippen LogP contribution in [-0.4, -0.2) is 37.3 Å². The van der Waals surface area contributed by atoms with Crippen LogP contribution in [0.2, 0.25) is 0 Å². The van der Waals surface area contributed by atoms with Crippen molar-refractivity contribution in [3.8, 4) is 0 Å². The van der Waals surface area contributed by atoms with Crippen LogP contribution in [0, 0.1) is 0 Å². The Hall–Kier alpha value is -2.47. The van der Waals surface area contributed by atoms with Gasteiger partial charge in [-0.25, -0.2) is 4.79 Å². The van der Waals surface area contributed by atoms with E-state index in [0.29, 0.717) is 0 Å². The molecule has 6 heteroatoms. The molecule has 0 aliphatic carbocycles. The maximum atomic E-state index is 10.7. The highest BCUT2D eigenvalue weighted by molar-refractivity contribution is 5.85. The minimum Gasteiger partial charge on any atom is -0.478 e. The first kappa shape index (κ1) is 13.5. The van der Waals surface area contributed by atoms with Crippen molar-refractivity contribution < 1.29 is 9.90 Å². The molecular weight excluding hydrogens is 268 g/mol. The van der Waals surface area contributed by atoms with Crippen LogP contribution in [0.15, 0.2) is 36.7 Å². The molecule has 1 aliphatic heterocycles. The van der Waals surface area contributed by atoms with Gasteiger partial charge in [0, 0.05) is 25.7 Å². The molecular formula is C15H16N4O2. The second-order valence-electron chi connectivity index (χ2n) is 5.02. The minimum absolute atomic E-state index is 0.761. The van der Waals surface area contributed by atoms with Crippen LogP contribution >= 0.6 is 0 Å². The van der Waals surface area contributed by atoms with E-state index in [4.69, 9.17) is 5.11 Å². The lowest BCUT2D eigenvalue weighted by atomic mass is 10.1. The highest BCUT2D eigenvalue weighted by atomic mass is 16.4. The third-order valence-electron chi connectivity index (χ3n) is 3.57. The summed E-state index contributed by atoms with van der Waals surface area (Å²) in [6.45, 7) is 3.35. The van der Waals surface area contributed by atoms with Gasteiger partial charge in [-0.05, 0) is 17.2 Å². The smallest absolute Gasteiger partial charge is 0.328 e.